The first-order chi connectivity index (χ1) is 13.9. The molecule has 1 aliphatic rings. The Hall–Kier alpha value is -3.20. The highest BCUT2D eigenvalue weighted by Gasteiger charge is 2.33. The molecule has 8 heteroatoms. The summed E-state index contributed by atoms with van der Waals surface area (Å²) in [6, 6.07) is 16.1. The Morgan fingerprint density at radius 2 is 1.55 bits per heavy atom. The van der Waals surface area contributed by atoms with Gasteiger partial charge in [0, 0.05) is 6.21 Å². The van der Waals surface area contributed by atoms with Gasteiger partial charge in [-0.3, -0.25) is 24.5 Å². The molecule has 3 rings (SSSR count). The maximum absolute atomic E-state index is 11.9. The van der Waals surface area contributed by atoms with Crippen LogP contribution in [-0.4, -0.2) is 42.8 Å². The van der Waals surface area contributed by atoms with E-state index in [1.54, 1.807) is 6.08 Å². The molecule has 2 atom stereocenters. The van der Waals surface area contributed by atoms with Crippen molar-refractivity contribution in [2.45, 2.75) is 11.5 Å². The molecule has 29 heavy (non-hydrogen) atoms. The van der Waals surface area contributed by atoms with Crippen LogP contribution in [0.15, 0.2) is 65.2 Å². The van der Waals surface area contributed by atoms with Crippen molar-refractivity contribution in [2.24, 2.45) is 4.99 Å². The maximum atomic E-state index is 11.9. The molecule has 0 saturated heterocycles. The number of hydrogen-bond donors (Lipinski definition) is 2. The number of rotatable bonds is 6. The Morgan fingerprint density at radius 3 is 2.14 bits per heavy atom. The molecule has 1 heterocycles. The van der Waals surface area contributed by atoms with Gasteiger partial charge in [0.15, 0.2) is 6.29 Å². The zero-order chi connectivity index (χ0) is 20.9. The molecule has 1 aliphatic heterocycles. The normalized spacial score (nSPS) is 20.8. The number of ketones is 1. The van der Waals surface area contributed by atoms with E-state index in [2.05, 4.69) is 10.3 Å². The second-order valence-electron chi connectivity index (χ2n) is 6.32. The number of aliphatic imine (C=N–C) groups is 1. The fourth-order valence-corrected chi connectivity index (χ4v) is 3.28. The van der Waals surface area contributed by atoms with Gasteiger partial charge in [0.25, 0.3) is 0 Å². The van der Waals surface area contributed by atoms with Crippen LogP contribution < -0.4 is 5.32 Å². The maximum Gasteiger partial charge on any atom is 0.302 e. The monoisotopic (exact) mass is 410 g/mol. The van der Waals surface area contributed by atoms with Crippen molar-refractivity contribution in [3.8, 4) is 0 Å². The van der Waals surface area contributed by atoms with Gasteiger partial charge < -0.3 is 0 Å². The van der Waals surface area contributed by atoms with Gasteiger partial charge in [0.2, 0.25) is 11.3 Å². The van der Waals surface area contributed by atoms with Crippen molar-refractivity contribution in [1.29, 1.82) is 0 Å². The first-order valence-electron chi connectivity index (χ1n) is 8.66. The molecule has 148 valence electrons. The molecule has 0 aromatic heterocycles. The van der Waals surface area contributed by atoms with Crippen molar-refractivity contribution in [2.75, 3.05) is 0 Å². The van der Waals surface area contributed by atoms with Crippen LogP contribution >= 0.6 is 0 Å². The number of carbonyl (C=O) groups is 2. The van der Waals surface area contributed by atoms with Gasteiger partial charge in [-0.05, 0) is 28.3 Å². The van der Waals surface area contributed by atoms with E-state index in [0.717, 1.165) is 16.7 Å². The lowest BCUT2D eigenvalue weighted by Gasteiger charge is -2.24. The second-order valence-corrected chi connectivity index (χ2v) is 7.80. The number of nitrogens with zero attached hydrogens (tertiary/aromatic N) is 1. The summed E-state index contributed by atoms with van der Waals surface area (Å²) in [5, 5.41) is 2.37. The van der Waals surface area contributed by atoms with E-state index in [9.17, 15) is 18.0 Å². The minimum atomic E-state index is -4.54. The average Bonchev–Trinajstić information content (AvgIpc) is 2.73. The van der Waals surface area contributed by atoms with Gasteiger partial charge in [-0.25, -0.2) is 0 Å². The number of nitrogens with one attached hydrogen (secondary N) is 1. The number of hydrogen-bond acceptors (Lipinski definition) is 6. The molecule has 2 aromatic rings. The third-order valence-corrected chi connectivity index (χ3v) is 5.04. The van der Waals surface area contributed by atoms with E-state index in [0.29, 0.717) is 5.57 Å². The molecule has 0 spiro atoms. The predicted octanol–water partition coefficient (Wildman–Crippen LogP) is 2.22. The van der Waals surface area contributed by atoms with E-state index in [1.807, 2.05) is 66.7 Å². The zero-order valence-corrected chi connectivity index (χ0v) is 16.0. The highest BCUT2D eigenvalue weighted by atomic mass is 32.2. The van der Waals surface area contributed by atoms with Crippen molar-refractivity contribution < 1.29 is 22.6 Å². The topological polar surface area (TPSA) is 113 Å². The quantitative estimate of drug-likeness (QED) is 0.327. The highest BCUT2D eigenvalue weighted by molar-refractivity contribution is 7.86. The lowest BCUT2D eigenvalue weighted by molar-refractivity contribution is -0.130. The van der Waals surface area contributed by atoms with Crippen molar-refractivity contribution in [3.63, 3.8) is 0 Å². The Morgan fingerprint density at radius 1 is 0.966 bits per heavy atom. The number of benzene rings is 2. The van der Waals surface area contributed by atoms with Crippen LogP contribution in [0, 0.1) is 0 Å². The average molecular weight is 410 g/mol. The summed E-state index contributed by atoms with van der Waals surface area (Å²) in [6.45, 7) is 0. The standard InChI is InChI=1S/C21H18N2O5S/c24-14-19(25)20-18(13-22-21(23-20)29(26,27)28)12-17-10-8-16(9-11-17)7-6-15-4-2-1-3-5-15/h1-14,20-21,23H,(H,26,27,28). The number of carbonyl (C=O) groups excluding carboxylic acids is 2. The third kappa shape index (κ3) is 5.41. The van der Waals surface area contributed by atoms with E-state index >= 15 is 0 Å². The Balaban J connectivity index is 1.83. The van der Waals surface area contributed by atoms with Crippen molar-refractivity contribution in [3.05, 3.63) is 76.9 Å². The molecule has 0 radical (unpaired) electrons. The molecule has 0 saturated carbocycles. The Bertz CT molecular complexity index is 1090. The van der Waals surface area contributed by atoms with Crippen LogP contribution in [0.4, 0.5) is 0 Å². The van der Waals surface area contributed by atoms with Crippen molar-refractivity contribution in [1.82, 2.24) is 5.32 Å². The minimum Gasteiger partial charge on any atom is -0.295 e. The first-order valence-corrected chi connectivity index (χ1v) is 10.2. The summed E-state index contributed by atoms with van der Waals surface area (Å²) in [4.78, 5) is 26.5. The number of aldehydes is 1. The molecule has 0 bridgehead atoms. The summed E-state index contributed by atoms with van der Waals surface area (Å²) < 4.78 is 31.7. The fraction of sp³-hybridized carbons (Fsp3) is 0.0952. The first kappa shape index (κ1) is 20.5. The summed E-state index contributed by atoms with van der Waals surface area (Å²) in [6.07, 6.45) is 6.84. The van der Waals surface area contributed by atoms with Crippen LogP contribution in [0.5, 0.6) is 0 Å². The molecule has 7 nitrogen and oxygen atoms in total. The molecule has 2 N–H and O–H groups in total. The van der Waals surface area contributed by atoms with Crippen LogP contribution in [-0.2, 0) is 19.7 Å². The van der Waals surface area contributed by atoms with Crippen LogP contribution in [0.25, 0.3) is 18.2 Å². The zero-order valence-electron chi connectivity index (χ0n) is 15.2. The molecule has 2 aromatic carbocycles. The molecular weight excluding hydrogens is 392 g/mol. The van der Waals surface area contributed by atoms with Gasteiger partial charge in [-0.15, -0.1) is 0 Å². The predicted molar refractivity (Wildman–Crippen MR) is 112 cm³/mol. The van der Waals surface area contributed by atoms with E-state index in [-0.39, 0.29) is 6.29 Å². The van der Waals surface area contributed by atoms with E-state index in [4.69, 9.17) is 4.55 Å². The lowest BCUT2D eigenvalue weighted by atomic mass is 10.00. The Kier molecular flexibility index (Phi) is 6.28. The summed E-state index contributed by atoms with van der Waals surface area (Å²) >= 11 is 0. The highest BCUT2D eigenvalue weighted by Crippen LogP contribution is 2.17. The van der Waals surface area contributed by atoms with Crippen LogP contribution in [0.1, 0.15) is 16.7 Å². The van der Waals surface area contributed by atoms with Gasteiger partial charge in [0.1, 0.15) is 6.04 Å². The second kappa shape index (κ2) is 8.87. The molecule has 0 aliphatic carbocycles. The molecule has 0 amide bonds. The summed E-state index contributed by atoms with van der Waals surface area (Å²) in [7, 11) is -4.54. The number of Topliss-reactive ketones (excluding diaryl/α,β-unsaturated/α-hetero) is 1. The lowest BCUT2D eigenvalue weighted by Crippen LogP contribution is -2.50. The fourth-order valence-electron chi connectivity index (χ4n) is 2.76. The van der Waals surface area contributed by atoms with Gasteiger partial charge in [-0.1, -0.05) is 66.7 Å². The largest absolute Gasteiger partial charge is 0.302 e. The Labute approximate surface area is 168 Å². The SMILES string of the molecule is O=CC(=O)C1NC(S(=O)(=O)O)N=CC1=Cc1ccc(C=Cc2ccccc2)cc1. The smallest absolute Gasteiger partial charge is 0.295 e. The van der Waals surface area contributed by atoms with Gasteiger partial charge >= 0.3 is 10.1 Å². The minimum absolute atomic E-state index is 0.100. The third-order valence-electron chi connectivity index (χ3n) is 4.22. The van der Waals surface area contributed by atoms with Gasteiger partial charge in [-0.2, -0.15) is 8.42 Å². The summed E-state index contributed by atoms with van der Waals surface area (Å²) in [5.41, 5.74) is 1.40. The van der Waals surface area contributed by atoms with E-state index < -0.39 is 27.4 Å². The summed E-state index contributed by atoms with van der Waals surface area (Å²) in [5.74, 6) is -0.863. The molecule has 2 unspecified atom stereocenters. The molecular formula is C21H18N2O5S. The molecule has 0 fully saturated rings. The van der Waals surface area contributed by atoms with Gasteiger partial charge in [0.05, 0.1) is 0 Å². The van der Waals surface area contributed by atoms with Crippen LogP contribution in [0.2, 0.25) is 0 Å². The van der Waals surface area contributed by atoms with Crippen LogP contribution in [0.3, 0.4) is 0 Å². The van der Waals surface area contributed by atoms with Crippen molar-refractivity contribution >= 4 is 46.6 Å². The van der Waals surface area contributed by atoms with E-state index in [1.165, 1.54) is 6.21 Å².